The Labute approximate surface area is 248 Å². The summed E-state index contributed by atoms with van der Waals surface area (Å²) in [6, 6.07) is 10.6. The highest BCUT2D eigenvalue weighted by Gasteiger charge is 2.44. The zero-order chi connectivity index (χ0) is 30.1. The molecule has 0 bridgehead atoms. The van der Waals surface area contributed by atoms with Crippen molar-refractivity contribution < 1.29 is 38.7 Å². The van der Waals surface area contributed by atoms with Gasteiger partial charge in [-0.2, -0.15) is 0 Å². The van der Waals surface area contributed by atoms with Gasteiger partial charge in [-0.25, -0.2) is 18.1 Å². The van der Waals surface area contributed by atoms with Gasteiger partial charge in [0.1, 0.15) is 58.3 Å². The fourth-order valence-corrected chi connectivity index (χ4v) is 6.81. The minimum atomic E-state index is -1.10. The van der Waals surface area contributed by atoms with E-state index in [-0.39, 0.29) is 12.8 Å². The number of halogens is 2. The van der Waals surface area contributed by atoms with E-state index in [2.05, 4.69) is 20.6 Å². The first-order valence-corrected chi connectivity index (χ1v) is 14.7. The van der Waals surface area contributed by atoms with E-state index < -0.39 is 72.2 Å². The summed E-state index contributed by atoms with van der Waals surface area (Å²) >= 11 is 1.28. The summed E-state index contributed by atoms with van der Waals surface area (Å²) in [5, 5.41) is 58.5. The fraction of sp³-hybridized carbons (Fsp3) is 0.429. The van der Waals surface area contributed by atoms with Crippen LogP contribution in [0, 0.1) is 11.6 Å². The number of ether oxygens (including phenoxy) is 2. The number of hydrogen-bond acceptors (Lipinski definition) is 11. The molecule has 0 spiro atoms. The van der Waals surface area contributed by atoms with Crippen LogP contribution in [0.4, 0.5) is 8.78 Å². The predicted molar refractivity (Wildman–Crippen MR) is 149 cm³/mol. The second-order valence-electron chi connectivity index (χ2n) is 10.5. The van der Waals surface area contributed by atoms with Crippen LogP contribution in [0.2, 0.25) is 0 Å². The zero-order valence-electron chi connectivity index (χ0n) is 22.7. The van der Waals surface area contributed by atoms with Crippen molar-refractivity contribution in [3.63, 3.8) is 0 Å². The topological polar surface area (TPSA) is 161 Å². The molecule has 6 rings (SSSR count). The summed E-state index contributed by atoms with van der Waals surface area (Å²) in [6.07, 6.45) is -0.329. The monoisotopic (exact) mass is 616 g/mol. The Morgan fingerprint density at radius 1 is 0.744 bits per heavy atom. The molecule has 2 aliphatic heterocycles. The molecule has 4 N–H and O–H groups in total. The first kappa shape index (κ1) is 29.7. The Balaban J connectivity index is 1.19. The van der Waals surface area contributed by atoms with E-state index >= 15 is 0 Å². The first-order chi connectivity index (χ1) is 20.8. The fourth-order valence-electron chi connectivity index (χ4n) is 5.44. The van der Waals surface area contributed by atoms with Gasteiger partial charge in [-0.1, -0.05) is 46.5 Å². The van der Waals surface area contributed by atoms with E-state index in [1.807, 2.05) is 0 Å². The number of thioether (sulfide) groups is 1. The molecule has 4 aromatic rings. The standard InChI is InChI=1S/C28H30F2N6O6S/c29-17-5-1-3-15(7-17)19-11-35(33-31-19)21-9-25(41-23(13-37)27(21)39)43-26-10-22(28(40)24(14-38)42-26)36-12-20(32-34-36)16-4-2-6-18(30)8-16/h1-8,11-12,21-28,37-40H,9-10,13-14H2/t21?,22?,23?,24?,25-,26?,27+,28-/m0/s1. The molecule has 2 fully saturated rings. The van der Waals surface area contributed by atoms with Gasteiger partial charge >= 0.3 is 0 Å². The van der Waals surface area contributed by atoms with Gasteiger partial charge in [0.15, 0.2) is 0 Å². The molecule has 8 atom stereocenters. The third-order valence-corrected chi connectivity index (χ3v) is 8.89. The number of aliphatic hydroxyl groups is 4. The van der Waals surface area contributed by atoms with Crippen LogP contribution in [-0.2, 0) is 9.47 Å². The van der Waals surface area contributed by atoms with Crippen molar-refractivity contribution in [1.82, 2.24) is 30.0 Å². The van der Waals surface area contributed by atoms with Gasteiger partial charge < -0.3 is 29.9 Å². The average Bonchev–Trinajstić information content (AvgIpc) is 3.70. The number of benzene rings is 2. The normalized spacial score (nSPS) is 29.5. The van der Waals surface area contributed by atoms with E-state index in [1.165, 1.54) is 45.4 Å². The van der Waals surface area contributed by atoms with Crippen molar-refractivity contribution in [3.05, 3.63) is 72.6 Å². The number of aromatic nitrogens is 6. The van der Waals surface area contributed by atoms with Crippen LogP contribution < -0.4 is 0 Å². The molecule has 0 saturated carbocycles. The third kappa shape index (κ3) is 6.33. The molecule has 15 heteroatoms. The van der Waals surface area contributed by atoms with E-state index in [4.69, 9.17) is 9.47 Å². The Morgan fingerprint density at radius 3 is 1.58 bits per heavy atom. The molecule has 0 radical (unpaired) electrons. The van der Waals surface area contributed by atoms with Crippen molar-refractivity contribution in [3.8, 4) is 22.5 Å². The molecule has 4 heterocycles. The molecule has 228 valence electrons. The van der Waals surface area contributed by atoms with Crippen molar-refractivity contribution in [2.24, 2.45) is 0 Å². The van der Waals surface area contributed by atoms with E-state index in [9.17, 15) is 29.2 Å². The van der Waals surface area contributed by atoms with Crippen molar-refractivity contribution >= 4 is 11.8 Å². The number of rotatable bonds is 8. The molecule has 0 amide bonds. The maximum atomic E-state index is 13.7. The largest absolute Gasteiger partial charge is 0.394 e. The minimum Gasteiger partial charge on any atom is -0.394 e. The molecule has 2 aromatic carbocycles. The van der Waals surface area contributed by atoms with Crippen molar-refractivity contribution in [2.45, 2.75) is 60.2 Å². The Kier molecular flexibility index (Phi) is 8.81. The lowest BCUT2D eigenvalue weighted by Crippen LogP contribution is -2.49. The van der Waals surface area contributed by atoms with Gasteiger partial charge in [-0.15, -0.1) is 10.2 Å². The van der Waals surface area contributed by atoms with Gasteiger partial charge in [0.25, 0.3) is 0 Å². The van der Waals surface area contributed by atoms with Gasteiger partial charge in [-0.3, -0.25) is 0 Å². The Hall–Kier alpha value is -3.31. The number of aliphatic hydroxyl groups excluding tert-OH is 4. The summed E-state index contributed by atoms with van der Waals surface area (Å²) in [4.78, 5) is 0. The van der Waals surface area contributed by atoms with E-state index in [1.54, 1.807) is 36.7 Å². The van der Waals surface area contributed by atoms with Crippen LogP contribution in [-0.4, -0.2) is 98.9 Å². The van der Waals surface area contributed by atoms with Crippen LogP contribution in [0.1, 0.15) is 24.9 Å². The summed E-state index contributed by atoms with van der Waals surface area (Å²) < 4.78 is 42.5. The highest BCUT2D eigenvalue weighted by Crippen LogP contribution is 2.41. The van der Waals surface area contributed by atoms with E-state index in [0.717, 1.165) is 0 Å². The lowest BCUT2D eigenvalue weighted by molar-refractivity contribution is -0.140. The second kappa shape index (κ2) is 12.7. The SMILES string of the molecule is OCC1OC(S[C@H]2CC(n3cc(-c4cccc(F)c4)nn3)[C@@H](O)C(CO)O2)CC(n2cc(-c3cccc(F)c3)nn2)[C@@H]1O. The predicted octanol–water partition coefficient (Wildman–Crippen LogP) is 1.93. The summed E-state index contributed by atoms with van der Waals surface area (Å²) in [6.45, 7) is -0.901. The van der Waals surface area contributed by atoms with Gasteiger partial charge in [0.05, 0.1) is 37.7 Å². The summed E-state index contributed by atoms with van der Waals surface area (Å²) in [5.74, 6) is -0.828. The molecule has 43 heavy (non-hydrogen) atoms. The van der Waals surface area contributed by atoms with Crippen LogP contribution in [0.3, 0.4) is 0 Å². The maximum Gasteiger partial charge on any atom is 0.123 e. The van der Waals surface area contributed by atoms with Gasteiger partial charge in [0, 0.05) is 24.0 Å². The molecule has 2 aliphatic rings. The molecule has 2 saturated heterocycles. The first-order valence-electron chi connectivity index (χ1n) is 13.7. The highest BCUT2D eigenvalue weighted by atomic mass is 32.2. The van der Waals surface area contributed by atoms with Crippen LogP contribution in [0.15, 0.2) is 60.9 Å². The molecular weight excluding hydrogens is 586 g/mol. The zero-order valence-corrected chi connectivity index (χ0v) is 23.5. The van der Waals surface area contributed by atoms with E-state index in [0.29, 0.717) is 22.5 Å². The molecule has 5 unspecified atom stereocenters. The molecule has 2 aromatic heterocycles. The lowest BCUT2D eigenvalue weighted by atomic mass is 9.99. The van der Waals surface area contributed by atoms with Crippen molar-refractivity contribution in [2.75, 3.05) is 13.2 Å². The number of hydrogen-bond donors (Lipinski definition) is 4. The lowest BCUT2D eigenvalue weighted by Gasteiger charge is -2.42. The Morgan fingerprint density at radius 2 is 1.19 bits per heavy atom. The molecule has 0 aliphatic carbocycles. The number of nitrogens with zero attached hydrogens (tertiary/aromatic N) is 6. The molecule has 12 nitrogen and oxygen atoms in total. The smallest absolute Gasteiger partial charge is 0.123 e. The average molecular weight is 617 g/mol. The van der Waals surface area contributed by atoms with Crippen LogP contribution >= 0.6 is 11.8 Å². The molecular formula is C28H30F2N6O6S. The quantitative estimate of drug-likeness (QED) is 0.229. The highest BCUT2D eigenvalue weighted by molar-refractivity contribution is 8.00. The summed E-state index contributed by atoms with van der Waals surface area (Å²) in [7, 11) is 0. The van der Waals surface area contributed by atoms with Gasteiger partial charge in [0.2, 0.25) is 0 Å². The summed E-state index contributed by atoms with van der Waals surface area (Å²) in [5.41, 5.74) is 0.748. The second-order valence-corrected chi connectivity index (χ2v) is 11.8. The maximum absolute atomic E-state index is 13.7. The van der Waals surface area contributed by atoms with Crippen LogP contribution in [0.5, 0.6) is 0 Å². The van der Waals surface area contributed by atoms with Crippen molar-refractivity contribution in [1.29, 1.82) is 0 Å². The third-order valence-electron chi connectivity index (χ3n) is 7.68. The Bertz CT molecular complexity index is 1430. The van der Waals surface area contributed by atoms with Crippen LogP contribution in [0.25, 0.3) is 22.5 Å². The van der Waals surface area contributed by atoms with Gasteiger partial charge in [-0.05, 0) is 24.3 Å². The minimum absolute atomic E-state index is 0.262.